The molecule has 1 aromatic heterocycles. The van der Waals surface area contributed by atoms with Gasteiger partial charge in [0.05, 0.1) is 38.5 Å². The molecule has 2 aromatic carbocycles. The number of hydrogen-bond acceptors (Lipinski definition) is 7. The number of rotatable bonds is 8. The van der Waals surface area contributed by atoms with Crippen LogP contribution in [0.5, 0.6) is 0 Å². The summed E-state index contributed by atoms with van der Waals surface area (Å²) in [6.45, 7) is 9.67. The second-order valence-electron chi connectivity index (χ2n) is 9.98. The highest BCUT2D eigenvalue weighted by molar-refractivity contribution is 7.07. The molecule has 1 unspecified atom stereocenters. The number of ether oxygens (including phenoxy) is 1. The summed E-state index contributed by atoms with van der Waals surface area (Å²) >= 11 is 13.8. The van der Waals surface area contributed by atoms with Gasteiger partial charge in [-0.25, -0.2) is 9.79 Å². The quantitative estimate of drug-likeness (QED) is 0.269. The van der Waals surface area contributed by atoms with Crippen LogP contribution in [0.15, 0.2) is 87.1 Å². The van der Waals surface area contributed by atoms with E-state index in [0.29, 0.717) is 30.6 Å². The Hall–Kier alpha value is -3.59. The number of carbonyl (C=O) groups excluding carboxylic acids is 1. The molecule has 0 bridgehead atoms. The molecule has 2 heterocycles. The van der Waals surface area contributed by atoms with Crippen molar-refractivity contribution >= 4 is 58.0 Å². The number of fused-ring (bicyclic) bond motifs is 1. The molecule has 1 atom stereocenters. The number of aromatic nitrogens is 1. The lowest BCUT2D eigenvalue weighted by atomic mass is 9.95. The molecule has 4 rings (SSSR count). The lowest BCUT2D eigenvalue weighted by molar-refractivity contribution is -0.139. The van der Waals surface area contributed by atoms with Crippen molar-refractivity contribution in [2.24, 2.45) is 4.99 Å². The van der Waals surface area contributed by atoms with Crippen LogP contribution in [0.25, 0.3) is 6.08 Å². The highest BCUT2D eigenvalue weighted by Crippen LogP contribution is 2.33. The predicted molar refractivity (Wildman–Crippen MR) is 174 cm³/mol. The second-order valence-corrected chi connectivity index (χ2v) is 11.8. The van der Waals surface area contributed by atoms with Crippen LogP contribution >= 0.6 is 34.5 Å². The van der Waals surface area contributed by atoms with Crippen molar-refractivity contribution in [2.45, 2.75) is 40.7 Å². The first-order valence-electron chi connectivity index (χ1n) is 13.5. The van der Waals surface area contributed by atoms with Gasteiger partial charge in [-0.15, -0.1) is 0 Å². The van der Waals surface area contributed by atoms with Crippen LogP contribution in [0, 0.1) is 0 Å². The summed E-state index contributed by atoms with van der Waals surface area (Å²) in [4.78, 5) is 36.3. The summed E-state index contributed by atoms with van der Waals surface area (Å²) in [7, 11) is 3.92. The third kappa shape index (κ3) is 6.26. The van der Waals surface area contributed by atoms with E-state index in [1.165, 1.54) is 11.3 Å². The van der Waals surface area contributed by atoms with Crippen LogP contribution in [0.4, 0.5) is 11.4 Å². The van der Waals surface area contributed by atoms with E-state index in [1.54, 1.807) is 30.6 Å². The predicted octanol–water partition coefficient (Wildman–Crippen LogP) is 6.46. The fourth-order valence-corrected chi connectivity index (χ4v) is 6.07. The average molecular weight is 626 g/mol. The number of nitrogens with zero attached hydrogens (tertiary/aromatic N) is 4. The summed E-state index contributed by atoms with van der Waals surface area (Å²) < 4.78 is 7.49. The molecule has 0 aliphatic carbocycles. The zero-order valence-electron chi connectivity index (χ0n) is 24.7. The van der Waals surface area contributed by atoms with Crippen molar-refractivity contribution < 1.29 is 9.53 Å². The number of allylic oxidation sites excluding steroid dienone is 5. The Bertz CT molecular complexity index is 1780. The Morgan fingerprint density at radius 2 is 1.74 bits per heavy atom. The third-order valence-corrected chi connectivity index (χ3v) is 8.74. The molecular formula is C32H34Cl2N4O3S. The molecule has 0 fully saturated rings. The van der Waals surface area contributed by atoms with E-state index in [2.05, 4.69) is 4.99 Å². The van der Waals surface area contributed by atoms with Gasteiger partial charge in [-0.05, 0) is 82.7 Å². The Morgan fingerprint density at radius 3 is 2.33 bits per heavy atom. The van der Waals surface area contributed by atoms with E-state index in [1.807, 2.05) is 93.2 Å². The summed E-state index contributed by atoms with van der Waals surface area (Å²) in [5.41, 5.74) is 5.16. The monoisotopic (exact) mass is 624 g/mol. The van der Waals surface area contributed by atoms with E-state index >= 15 is 0 Å². The second kappa shape index (κ2) is 13.2. The normalized spacial score (nSPS) is 15.8. The molecule has 7 nitrogen and oxygen atoms in total. The summed E-state index contributed by atoms with van der Waals surface area (Å²) in [6.07, 6.45) is 5.68. The van der Waals surface area contributed by atoms with Crippen LogP contribution in [0.2, 0.25) is 10.0 Å². The number of anilines is 2. The molecule has 0 amide bonds. The van der Waals surface area contributed by atoms with Gasteiger partial charge in [0.1, 0.15) is 0 Å². The maximum Gasteiger partial charge on any atom is 0.338 e. The molecule has 0 radical (unpaired) electrons. The smallest absolute Gasteiger partial charge is 0.338 e. The molecule has 1 aliphatic heterocycles. The lowest BCUT2D eigenvalue weighted by Crippen LogP contribution is -2.39. The van der Waals surface area contributed by atoms with Gasteiger partial charge in [0.15, 0.2) is 4.80 Å². The average Bonchev–Trinajstić information content (AvgIpc) is 3.27. The summed E-state index contributed by atoms with van der Waals surface area (Å²) in [5.74, 6) is -0.482. The Morgan fingerprint density at radius 1 is 1.07 bits per heavy atom. The fraction of sp³-hybridized carbons (Fsp3) is 0.281. The molecule has 10 heteroatoms. The molecule has 0 N–H and O–H groups in total. The molecule has 0 spiro atoms. The SMILES string of the molecule is C/C=C(/C)N(/C(C)=C/C=c1\sc2n(c1=O)C(c1ccc(N(C)C)cc1)C(C(=O)OCC)=C(C)N=2)c1ccc(Cl)c(Cl)c1. The van der Waals surface area contributed by atoms with Gasteiger partial charge in [-0.2, -0.15) is 0 Å². The maximum absolute atomic E-state index is 13.9. The Balaban J connectivity index is 1.86. The first kappa shape index (κ1) is 31.3. The van der Waals surface area contributed by atoms with Crippen molar-refractivity contribution in [1.29, 1.82) is 0 Å². The van der Waals surface area contributed by atoms with Crippen LogP contribution in [-0.4, -0.2) is 31.2 Å². The molecular weight excluding hydrogens is 591 g/mol. The zero-order chi connectivity index (χ0) is 30.7. The van der Waals surface area contributed by atoms with Crippen LogP contribution in [-0.2, 0) is 9.53 Å². The molecule has 0 saturated carbocycles. The molecule has 1 aliphatic rings. The van der Waals surface area contributed by atoms with Gasteiger partial charge >= 0.3 is 5.97 Å². The van der Waals surface area contributed by atoms with Crippen molar-refractivity contribution in [3.05, 3.63) is 113 Å². The van der Waals surface area contributed by atoms with E-state index in [0.717, 1.165) is 28.3 Å². The number of hydrogen-bond donors (Lipinski definition) is 0. The number of esters is 1. The van der Waals surface area contributed by atoms with Gasteiger partial charge in [0, 0.05) is 36.9 Å². The van der Waals surface area contributed by atoms with Crippen LogP contribution in [0.3, 0.4) is 0 Å². The third-order valence-electron chi connectivity index (χ3n) is 7.00. The van der Waals surface area contributed by atoms with E-state index < -0.39 is 12.0 Å². The van der Waals surface area contributed by atoms with Gasteiger partial charge in [-0.1, -0.05) is 52.7 Å². The lowest BCUT2D eigenvalue weighted by Gasteiger charge is -2.26. The fourth-order valence-electron chi connectivity index (χ4n) is 4.79. The molecule has 220 valence electrons. The number of thiazole rings is 1. The van der Waals surface area contributed by atoms with Gasteiger partial charge in [-0.3, -0.25) is 9.36 Å². The maximum atomic E-state index is 13.9. The topological polar surface area (TPSA) is 67.1 Å². The van der Waals surface area contributed by atoms with Crippen LogP contribution < -0.4 is 24.7 Å². The molecule has 42 heavy (non-hydrogen) atoms. The zero-order valence-corrected chi connectivity index (χ0v) is 27.1. The molecule has 3 aromatic rings. The highest BCUT2D eigenvalue weighted by atomic mass is 35.5. The first-order chi connectivity index (χ1) is 20.0. The van der Waals surface area contributed by atoms with Crippen LogP contribution in [0.1, 0.15) is 46.2 Å². The number of halogens is 2. The van der Waals surface area contributed by atoms with Crippen molar-refractivity contribution in [1.82, 2.24) is 4.57 Å². The van der Waals surface area contributed by atoms with Crippen molar-refractivity contribution in [3.63, 3.8) is 0 Å². The minimum atomic E-state index is -0.665. The standard InChI is InChI=1S/C32H34Cl2N4O3S/c1-8-19(3)37(24-15-16-25(33)26(34)18-24)20(4)10-17-27-30(39)38-29(22-11-13-23(14-12-22)36(6)7)28(31(40)41-9-2)21(5)35-32(38)42-27/h8,10-18,29H,9H2,1-7H3/b19-8-,20-10+,27-17-. The first-order valence-corrected chi connectivity index (χ1v) is 15.1. The summed E-state index contributed by atoms with van der Waals surface area (Å²) in [5, 5.41) is 0.931. The Labute approximate surface area is 260 Å². The van der Waals surface area contributed by atoms with E-state index in [9.17, 15) is 9.59 Å². The van der Waals surface area contributed by atoms with E-state index in [-0.39, 0.29) is 12.2 Å². The summed E-state index contributed by atoms with van der Waals surface area (Å²) in [6, 6.07) is 12.6. The van der Waals surface area contributed by atoms with Gasteiger partial charge < -0.3 is 14.5 Å². The largest absolute Gasteiger partial charge is 0.463 e. The van der Waals surface area contributed by atoms with E-state index in [4.69, 9.17) is 27.9 Å². The Kier molecular flexibility index (Phi) is 9.82. The van der Waals surface area contributed by atoms with Gasteiger partial charge in [0.25, 0.3) is 5.56 Å². The minimum Gasteiger partial charge on any atom is -0.463 e. The highest BCUT2D eigenvalue weighted by Gasteiger charge is 2.33. The van der Waals surface area contributed by atoms with Crippen molar-refractivity contribution in [3.8, 4) is 0 Å². The number of benzene rings is 2. The van der Waals surface area contributed by atoms with Gasteiger partial charge in [0.2, 0.25) is 0 Å². The minimum absolute atomic E-state index is 0.220. The molecule has 0 saturated heterocycles. The van der Waals surface area contributed by atoms with Crippen molar-refractivity contribution in [2.75, 3.05) is 30.5 Å². The number of carbonyl (C=O) groups is 1.